The Balaban J connectivity index is 2.75. The van der Waals surface area contributed by atoms with E-state index in [9.17, 15) is 18.0 Å². The van der Waals surface area contributed by atoms with E-state index in [4.69, 9.17) is 10.8 Å². The summed E-state index contributed by atoms with van der Waals surface area (Å²) >= 11 is 0. The van der Waals surface area contributed by atoms with E-state index in [1.807, 2.05) is 0 Å². The van der Waals surface area contributed by atoms with Crippen LogP contribution >= 0.6 is 0 Å². The molecule has 7 heteroatoms. The lowest BCUT2D eigenvalue weighted by Gasteiger charge is -2.19. The van der Waals surface area contributed by atoms with Crippen molar-refractivity contribution in [3.8, 4) is 5.75 Å². The number of carboxylic acid groups (broad SMARTS) is 1. The molecule has 0 fully saturated rings. The molecule has 0 unspecified atom stereocenters. The highest BCUT2D eigenvalue weighted by molar-refractivity contribution is 5.78. The van der Waals surface area contributed by atoms with Crippen LogP contribution in [0.25, 0.3) is 0 Å². The molecule has 1 aromatic carbocycles. The molecule has 3 N–H and O–H groups in total. The molecule has 1 atom stereocenters. The van der Waals surface area contributed by atoms with Crippen LogP contribution in [0.2, 0.25) is 0 Å². The van der Waals surface area contributed by atoms with Gasteiger partial charge in [0.1, 0.15) is 11.3 Å². The summed E-state index contributed by atoms with van der Waals surface area (Å²) in [4.78, 5) is 10.8. The second kappa shape index (κ2) is 4.85. The first-order valence-corrected chi connectivity index (χ1v) is 4.97. The lowest BCUT2D eigenvalue weighted by molar-refractivity contribution is -0.274. The molecule has 0 bridgehead atoms. The molecule has 18 heavy (non-hydrogen) atoms. The molecule has 1 rings (SSSR count). The van der Waals surface area contributed by atoms with E-state index < -0.39 is 17.9 Å². The summed E-state index contributed by atoms with van der Waals surface area (Å²) in [5.41, 5.74) is 4.57. The first kappa shape index (κ1) is 14.3. The third-order valence-electron chi connectivity index (χ3n) is 2.22. The first-order valence-electron chi connectivity index (χ1n) is 4.97. The number of nitrogens with two attached hydrogens (primary N) is 1. The van der Waals surface area contributed by atoms with E-state index in [0.717, 1.165) is 12.1 Å². The number of benzene rings is 1. The fourth-order valence-corrected chi connectivity index (χ4v) is 1.31. The topological polar surface area (TPSA) is 72.5 Å². The normalized spacial score (nSPS) is 14.9. The van der Waals surface area contributed by atoms with Crippen molar-refractivity contribution in [2.75, 3.05) is 0 Å². The predicted molar refractivity (Wildman–Crippen MR) is 57.1 cm³/mol. The van der Waals surface area contributed by atoms with Crippen molar-refractivity contribution >= 4 is 5.97 Å². The Bertz CT molecular complexity index is 426. The molecule has 0 amide bonds. The largest absolute Gasteiger partial charge is 0.573 e. The monoisotopic (exact) mass is 263 g/mol. The quantitative estimate of drug-likeness (QED) is 0.870. The number of carbonyl (C=O) groups is 1. The second-order valence-corrected chi connectivity index (χ2v) is 4.09. The summed E-state index contributed by atoms with van der Waals surface area (Å²) in [5, 5.41) is 8.81. The minimum absolute atomic E-state index is 0.00856. The van der Waals surface area contributed by atoms with Crippen molar-refractivity contribution in [1.82, 2.24) is 0 Å². The van der Waals surface area contributed by atoms with Crippen molar-refractivity contribution in [2.45, 2.75) is 25.2 Å². The van der Waals surface area contributed by atoms with Crippen LogP contribution < -0.4 is 10.5 Å². The van der Waals surface area contributed by atoms with Crippen molar-refractivity contribution in [3.05, 3.63) is 29.8 Å². The Hall–Kier alpha value is -1.76. The van der Waals surface area contributed by atoms with Gasteiger partial charge in [0.2, 0.25) is 0 Å². The lowest BCUT2D eigenvalue weighted by atomic mass is 9.94. The molecule has 100 valence electrons. The van der Waals surface area contributed by atoms with Crippen LogP contribution in [0.4, 0.5) is 13.2 Å². The van der Waals surface area contributed by atoms with Crippen molar-refractivity contribution < 1.29 is 27.8 Å². The minimum atomic E-state index is -4.75. The van der Waals surface area contributed by atoms with Crippen molar-refractivity contribution in [1.29, 1.82) is 0 Å². The van der Waals surface area contributed by atoms with Gasteiger partial charge in [-0.05, 0) is 24.6 Å². The molecule has 0 saturated carbocycles. The maximum Gasteiger partial charge on any atom is 0.573 e. The van der Waals surface area contributed by atoms with Gasteiger partial charge in [0.25, 0.3) is 0 Å². The van der Waals surface area contributed by atoms with Gasteiger partial charge in [0, 0.05) is 6.42 Å². The number of halogens is 3. The molecule has 0 aliphatic heterocycles. The van der Waals surface area contributed by atoms with E-state index >= 15 is 0 Å². The molecule has 0 spiro atoms. The van der Waals surface area contributed by atoms with Gasteiger partial charge in [0.05, 0.1) is 0 Å². The number of alkyl halides is 3. The highest BCUT2D eigenvalue weighted by Crippen LogP contribution is 2.23. The zero-order chi connectivity index (χ0) is 14.0. The number of hydrogen-bond acceptors (Lipinski definition) is 3. The van der Waals surface area contributed by atoms with Gasteiger partial charge in [-0.1, -0.05) is 12.1 Å². The van der Waals surface area contributed by atoms with Gasteiger partial charge in [-0.2, -0.15) is 0 Å². The molecule has 0 aliphatic rings. The second-order valence-electron chi connectivity index (χ2n) is 4.09. The van der Waals surface area contributed by atoms with Crippen LogP contribution in [0, 0.1) is 0 Å². The standard InChI is InChI=1S/C11H12F3NO3/c1-10(15,9(16)17)6-7-2-4-8(5-3-7)18-11(12,13)14/h2-5H,6,15H2,1H3,(H,16,17)/t10-/m1/s1. The summed E-state index contributed by atoms with van der Waals surface area (Å²) in [6.07, 6.45) is -4.74. The van der Waals surface area contributed by atoms with Gasteiger partial charge in [-0.15, -0.1) is 13.2 Å². The van der Waals surface area contributed by atoms with E-state index in [1.165, 1.54) is 19.1 Å². The molecule has 0 aliphatic carbocycles. The fraction of sp³-hybridized carbons (Fsp3) is 0.364. The number of hydrogen-bond donors (Lipinski definition) is 2. The number of aliphatic carboxylic acids is 1. The summed E-state index contributed by atoms with van der Waals surface area (Å²) in [5.74, 6) is -1.54. The van der Waals surface area contributed by atoms with Crippen LogP contribution in [0.3, 0.4) is 0 Å². The summed E-state index contributed by atoms with van der Waals surface area (Å²) < 4.78 is 39.4. The van der Waals surface area contributed by atoms with Gasteiger partial charge in [0.15, 0.2) is 0 Å². The number of ether oxygens (including phenoxy) is 1. The maximum atomic E-state index is 11.9. The highest BCUT2D eigenvalue weighted by Gasteiger charge is 2.31. The third-order valence-corrected chi connectivity index (χ3v) is 2.22. The van der Waals surface area contributed by atoms with E-state index in [2.05, 4.69) is 4.74 Å². The molecule has 0 heterocycles. The average molecular weight is 263 g/mol. The van der Waals surface area contributed by atoms with Crippen molar-refractivity contribution in [3.63, 3.8) is 0 Å². The smallest absolute Gasteiger partial charge is 0.480 e. The number of carboxylic acids is 1. The van der Waals surface area contributed by atoms with Crippen LogP contribution in [0.5, 0.6) is 5.75 Å². The Morgan fingerprint density at radius 1 is 1.33 bits per heavy atom. The molecule has 1 aromatic rings. The van der Waals surface area contributed by atoms with E-state index in [-0.39, 0.29) is 12.2 Å². The lowest BCUT2D eigenvalue weighted by Crippen LogP contribution is -2.46. The van der Waals surface area contributed by atoms with Crippen molar-refractivity contribution in [2.24, 2.45) is 5.73 Å². The Morgan fingerprint density at radius 2 is 1.83 bits per heavy atom. The fourth-order valence-electron chi connectivity index (χ4n) is 1.31. The summed E-state index contributed by atoms with van der Waals surface area (Å²) in [7, 11) is 0. The SMILES string of the molecule is C[C@@](N)(Cc1ccc(OC(F)(F)F)cc1)C(=O)O. The van der Waals surface area contributed by atoms with Gasteiger partial charge < -0.3 is 15.6 Å². The zero-order valence-corrected chi connectivity index (χ0v) is 9.49. The highest BCUT2D eigenvalue weighted by atomic mass is 19.4. The zero-order valence-electron chi connectivity index (χ0n) is 9.49. The third kappa shape index (κ3) is 4.25. The van der Waals surface area contributed by atoms with Crippen LogP contribution in [0.15, 0.2) is 24.3 Å². The van der Waals surface area contributed by atoms with Gasteiger partial charge in [-0.3, -0.25) is 4.79 Å². The van der Waals surface area contributed by atoms with Gasteiger partial charge in [-0.25, -0.2) is 0 Å². The minimum Gasteiger partial charge on any atom is -0.480 e. The Kier molecular flexibility index (Phi) is 3.85. The summed E-state index contributed by atoms with van der Waals surface area (Å²) in [6.45, 7) is 1.33. The number of rotatable bonds is 4. The van der Waals surface area contributed by atoms with E-state index in [0.29, 0.717) is 5.56 Å². The van der Waals surface area contributed by atoms with Crippen LogP contribution in [-0.2, 0) is 11.2 Å². The molecular formula is C11H12F3NO3. The van der Waals surface area contributed by atoms with Gasteiger partial charge >= 0.3 is 12.3 Å². The Labute approximate surface area is 101 Å². The van der Waals surface area contributed by atoms with Crippen LogP contribution in [0.1, 0.15) is 12.5 Å². The first-order chi connectivity index (χ1) is 8.10. The molecule has 0 radical (unpaired) electrons. The molecule has 0 saturated heterocycles. The van der Waals surface area contributed by atoms with E-state index in [1.54, 1.807) is 0 Å². The maximum absolute atomic E-state index is 11.9. The van der Waals surface area contributed by atoms with Crippen LogP contribution in [-0.4, -0.2) is 23.0 Å². The average Bonchev–Trinajstić information content (AvgIpc) is 2.18. The Morgan fingerprint density at radius 3 is 2.22 bits per heavy atom. The summed E-state index contributed by atoms with van der Waals surface area (Å²) in [6, 6.07) is 4.91. The predicted octanol–water partition coefficient (Wildman–Crippen LogP) is 1.93. The molecular weight excluding hydrogens is 251 g/mol. The molecule has 4 nitrogen and oxygen atoms in total. The molecule has 0 aromatic heterocycles.